The molecule has 0 atom stereocenters. The van der Waals surface area contributed by atoms with Crippen LogP contribution < -0.4 is 10.0 Å². The van der Waals surface area contributed by atoms with Crippen molar-refractivity contribution in [2.75, 3.05) is 11.3 Å². The predicted octanol–water partition coefficient (Wildman–Crippen LogP) is 5.12. The molecule has 2 N–H and O–H groups in total. The first-order chi connectivity index (χ1) is 14.8. The average molecular weight is 457 g/mol. The van der Waals surface area contributed by atoms with Crippen LogP contribution in [0.1, 0.15) is 33.5 Å². The molecule has 0 spiro atoms. The zero-order valence-electron chi connectivity index (χ0n) is 17.5. The second kappa shape index (κ2) is 9.98. The fourth-order valence-corrected chi connectivity index (χ4v) is 4.79. The van der Waals surface area contributed by atoms with Crippen LogP contribution in [-0.4, -0.2) is 20.9 Å². The highest BCUT2D eigenvalue weighted by Crippen LogP contribution is 2.27. The summed E-state index contributed by atoms with van der Waals surface area (Å²) in [5, 5.41) is 2.89. The molecule has 5 nitrogen and oxygen atoms in total. The quantitative estimate of drug-likeness (QED) is 0.462. The van der Waals surface area contributed by atoms with E-state index in [0.717, 1.165) is 24.0 Å². The van der Waals surface area contributed by atoms with Crippen molar-refractivity contribution < 1.29 is 13.2 Å². The van der Waals surface area contributed by atoms with Crippen LogP contribution in [0.15, 0.2) is 71.6 Å². The van der Waals surface area contributed by atoms with Gasteiger partial charge in [0.1, 0.15) is 4.90 Å². The summed E-state index contributed by atoms with van der Waals surface area (Å²) in [5.74, 6) is -0.340. The van der Waals surface area contributed by atoms with Crippen LogP contribution >= 0.6 is 11.6 Å². The summed E-state index contributed by atoms with van der Waals surface area (Å²) in [5.41, 5.74) is 3.64. The predicted molar refractivity (Wildman–Crippen MR) is 125 cm³/mol. The maximum atomic E-state index is 13.0. The smallest absolute Gasteiger partial charge is 0.263 e. The van der Waals surface area contributed by atoms with Gasteiger partial charge in [0, 0.05) is 12.1 Å². The van der Waals surface area contributed by atoms with Crippen LogP contribution in [0.25, 0.3) is 0 Å². The van der Waals surface area contributed by atoms with Gasteiger partial charge in [-0.25, -0.2) is 8.42 Å². The number of sulfonamides is 1. The lowest BCUT2D eigenvalue weighted by molar-refractivity contribution is 0.0953. The minimum absolute atomic E-state index is 0.0541. The lowest BCUT2D eigenvalue weighted by Crippen LogP contribution is -2.25. The molecule has 0 unspecified atom stereocenters. The van der Waals surface area contributed by atoms with Crippen molar-refractivity contribution in [1.29, 1.82) is 0 Å². The summed E-state index contributed by atoms with van der Waals surface area (Å²) in [7, 11) is -3.96. The van der Waals surface area contributed by atoms with E-state index in [1.807, 2.05) is 56.3 Å². The summed E-state index contributed by atoms with van der Waals surface area (Å²) in [6.07, 6.45) is 1.63. The van der Waals surface area contributed by atoms with Crippen LogP contribution in [0.5, 0.6) is 0 Å². The van der Waals surface area contributed by atoms with Crippen molar-refractivity contribution in [3.8, 4) is 0 Å². The molecule has 7 heteroatoms. The van der Waals surface area contributed by atoms with Gasteiger partial charge >= 0.3 is 0 Å². The Morgan fingerprint density at radius 2 is 1.71 bits per heavy atom. The molecule has 0 aliphatic heterocycles. The number of carbonyl (C=O) groups is 1. The van der Waals surface area contributed by atoms with Gasteiger partial charge < -0.3 is 5.32 Å². The van der Waals surface area contributed by atoms with Crippen LogP contribution in [0, 0.1) is 13.8 Å². The number of amides is 1. The summed E-state index contributed by atoms with van der Waals surface area (Å²) in [6, 6.07) is 19.8. The zero-order chi connectivity index (χ0) is 22.4. The maximum absolute atomic E-state index is 13.0. The summed E-state index contributed by atoms with van der Waals surface area (Å²) >= 11 is 6.17. The zero-order valence-corrected chi connectivity index (χ0v) is 19.1. The molecule has 0 heterocycles. The number of aryl methyl sites for hydroxylation is 3. The molecule has 3 aromatic rings. The van der Waals surface area contributed by atoms with Crippen molar-refractivity contribution in [3.05, 3.63) is 94.0 Å². The Bertz CT molecular complexity index is 1180. The Morgan fingerprint density at radius 1 is 0.968 bits per heavy atom. The first kappa shape index (κ1) is 22.8. The van der Waals surface area contributed by atoms with Crippen molar-refractivity contribution >= 4 is 33.2 Å². The van der Waals surface area contributed by atoms with Gasteiger partial charge in [-0.2, -0.15) is 0 Å². The Balaban J connectivity index is 1.70. The van der Waals surface area contributed by atoms with E-state index in [0.29, 0.717) is 12.2 Å². The Labute approximate surface area is 188 Å². The molecule has 0 fully saturated rings. The lowest BCUT2D eigenvalue weighted by atomic mass is 10.1. The minimum atomic E-state index is -3.96. The fourth-order valence-electron chi connectivity index (χ4n) is 3.14. The molecule has 1 amide bonds. The standard InChI is InChI=1S/C24H25ClN2O3S/c1-17-10-11-18(2)22(15-17)27-31(29,30)23-16-20(12-13-21(23)25)24(28)26-14-6-9-19-7-4-3-5-8-19/h3-5,7-8,10-13,15-16,27H,6,9,14H2,1-2H3,(H,26,28). The van der Waals surface area contributed by atoms with Gasteiger partial charge in [-0.05, 0) is 67.6 Å². The van der Waals surface area contributed by atoms with E-state index >= 15 is 0 Å². The third-order valence-electron chi connectivity index (χ3n) is 4.89. The van der Waals surface area contributed by atoms with E-state index < -0.39 is 10.0 Å². The molecule has 3 rings (SSSR count). The number of rotatable bonds is 8. The minimum Gasteiger partial charge on any atom is -0.352 e. The first-order valence-corrected chi connectivity index (χ1v) is 11.8. The molecule has 31 heavy (non-hydrogen) atoms. The molecule has 162 valence electrons. The second-order valence-corrected chi connectivity index (χ2v) is 9.47. The highest BCUT2D eigenvalue weighted by atomic mass is 35.5. The van der Waals surface area contributed by atoms with Crippen molar-refractivity contribution in [3.63, 3.8) is 0 Å². The number of carbonyl (C=O) groups excluding carboxylic acids is 1. The van der Waals surface area contributed by atoms with E-state index in [4.69, 9.17) is 11.6 Å². The fraction of sp³-hybridized carbons (Fsp3) is 0.208. The van der Waals surface area contributed by atoms with Crippen molar-refractivity contribution in [2.45, 2.75) is 31.6 Å². The number of hydrogen-bond donors (Lipinski definition) is 2. The van der Waals surface area contributed by atoms with Gasteiger partial charge in [0.2, 0.25) is 0 Å². The van der Waals surface area contributed by atoms with Crippen molar-refractivity contribution in [2.24, 2.45) is 0 Å². The van der Waals surface area contributed by atoms with E-state index in [-0.39, 0.29) is 21.4 Å². The number of benzene rings is 3. The summed E-state index contributed by atoms with van der Waals surface area (Å²) in [4.78, 5) is 12.4. The van der Waals surface area contributed by atoms with Gasteiger partial charge in [-0.1, -0.05) is 54.1 Å². The molecular weight excluding hydrogens is 432 g/mol. The van der Waals surface area contributed by atoms with Gasteiger partial charge in [-0.15, -0.1) is 0 Å². The van der Waals surface area contributed by atoms with Crippen LogP contribution in [0.3, 0.4) is 0 Å². The molecule has 0 aliphatic carbocycles. The van der Waals surface area contributed by atoms with E-state index in [2.05, 4.69) is 10.0 Å². The normalized spacial score (nSPS) is 11.2. The van der Waals surface area contributed by atoms with Crippen LogP contribution in [0.2, 0.25) is 5.02 Å². The molecule has 0 aromatic heterocycles. The number of nitrogens with one attached hydrogen (secondary N) is 2. The maximum Gasteiger partial charge on any atom is 0.263 e. The highest BCUT2D eigenvalue weighted by Gasteiger charge is 2.21. The lowest BCUT2D eigenvalue weighted by Gasteiger charge is -2.13. The molecule has 0 saturated carbocycles. The van der Waals surface area contributed by atoms with Crippen LogP contribution in [0.4, 0.5) is 5.69 Å². The van der Waals surface area contributed by atoms with Crippen LogP contribution in [-0.2, 0) is 16.4 Å². The van der Waals surface area contributed by atoms with Gasteiger partial charge in [-0.3, -0.25) is 9.52 Å². The van der Waals surface area contributed by atoms with Gasteiger partial charge in [0.15, 0.2) is 0 Å². The number of halogens is 1. The monoisotopic (exact) mass is 456 g/mol. The molecule has 0 radical (unpaired) electrons. The first-order valence-electron chi connectivity index (χ1n) is 9.98. The highest BCUT2D eigenvalue weighted by molar-refractivity contribution is 7.92. The Hall–Kier alpha value is -2.83. The van der Waals surface area contributed by atoms with Gasteiger partial charge in [0.05, 0.1) is 10.7 Å². The molecule has 3 aromatic carbocycles. The van der Waals surface area contributed by atoms with Crippen molar-refractivity contribution in [1.82, 2.24) is 5.32 Å². The molecular formula is C24H25ClN2O3S. The SMILES string of the molecule is Cc1ccc(C)c(NS(=O)(=O)c2cc(C(=O)NCCCc3ccccc3)ccc2Cl)c1. The molecule has 0 saturated heterocycles. The van der Waals surface area contributed by atoms with E-state index in [1.54, 1.807) is 6.07 Å². The third kappa shape index (κ3) is 6.09. The van der Waals surface area contributed by atoms with E-state index in [1.165, 1.54) is 23.8 Å². The number of hydrogen-bond acceptors (Lipinski definition) is 3. The Kier molecular flexibility index (Phi) is 7.36. The van der Waals surface area contributed by atoms with E-state index in [9.17, 15) is 13.2 Å². The topological polar surface area (TPSA) is 75.3 Å². The average Bonchev–Trinajstić information content (AvgIpc) is 2.74. The molecule has 0 aliphatic rings. The third-order valence-corrected chi connectivity index (χ3v) is 6.74. The Morgan fingerprint density at radius 3 is 2.45 bits per heavy atom. The second-order valence-electron chi connectivity index (χ2n) is 7.41. The summed E-state index contributed by atoms with van der Waals surface area (Å²) in [6.45, 7) is 4.18. The largest absolute Gasteiger partial charge is 0.352 e. The summed E-state index contributed by atoms with van der Waals surface area (Å²) < 4.78 is 28.5. The van der Waals surface area contributed by atoms with Gasteiger partial charge in [0.25, 0.3) is 15.9 Å². The number of anilines is 1. The molecule has 0 bridgehead atoms.